The van der Waals surface area contributed by atoms with Gasteiger partial charge in [-0.15, -0.1) is 0 Å². The molecule has 8 rings (SSSR count). The topological polar surface area (TPSA) is 0 Å². The first-order valence-electron chi connectivity index (χ1n) is 12.8. The van der Waals surface area contributed by atoms with Crippen LogP contribution in [0.25, 0.3) is 54.9 Å². The Labute approximate surface area is 211 Å². The predicted octanol–water partition coefficient (Wildman–Crippen LogP) is 9.48. The van der Waals surface area contributed by atoms with E-state index in [1.165, 1.54) is 66.1 Å². The lowest BCUT2D eigenvalue weighted by Gasteiger charge is -2.25. The van der Waals surface area contributed by atoms with Crippen molar-refractivity contribution < 1.29 is 0 Å². The molecule has 0 N–H and O–H groups in total. The Balaban J connectivity index is 1.58. The van der Waals surface area contributed by atoms with E-state index in [4.69, 9.17) is 0 Å². The third kappa shape index (κ3) is 2.70. The van der Waals surface area contributed by atoms with E-state index in [0.717, 1.165) is 0 Å². The SMILES string of the molecule is C1=CC2C=CC=C3c4cc5c(-c6ccccc6)c6ccccc6c(-c6ccccc6)c5cc4C(=C1)C32. The Morgan fingerprint density at radius 3 is 1.36 bits per heavy atom. The van der Waals surface area contributed by atoms with Crippen LogP contribution in [0.3, 0.4) is 0 Å². The smallest absolute Gasteiger partial charge is 0.0199 e. The second-order valence-electron chi connectivity index (χ2n) is 10.0. The molecule has 0 spiro atoms. The highest BCUT2D eigenvalue weighted by molar-refractivity contribution is 6.22. The van der Waals surface area contributed by atoms with Gasteiger partial charge in [0, 0.05) is 11.8 Å². The van der Waals surface area contributed by atoms with Crippen LogP contribution in [0.5, 0.6) is 0 Å². The van der Waals surface area contributed by atoms with Gasteiger partial charge in [-0.2, -0.15) is 0 Å². The van der Waals surface area contributed by atoms with E-state index in [-0.39, 0.29) is 0 Å². The molecule has 168 valence electrons. The molecule has 0 fully saturated rings. The van der Waals surface area contributed by atoms with Crippen molar-refractivity contribution in [1.82, 2.24) is 0 Å². The molecular weight excluding hydrogens is 432 g/mol. The van der Waals surface area contributed by atoms with Crippen molar-refractivity contribution in [1.29, 1.82) is 0 Å². The number of allylic oxidation sites excluding steroid dienone is 8. The van der Waals surface area contributed by atoms with E-state index in [1.807, 2.05) is 0 Å². The molecule has 0 amide bonds. The van der Waals surface area contributed by atoms with Crippen LogP contribution in [0.2, 0.25) is 0 Å². The summed E-state index contributed by atoms with van der Waals surface area (Å²) >= 11 is 0. The molecule has 0 aliphatic heterocycles. The van der Waals surface area contributed by atoms with Gasteiger partial charge < -0.3 is 0 Å². The molecule has 5 aromatic rings. The van der Waals surface area contributed by atoms with Crippen LogP contribution in [-0.4, -0.2) is 0 Å². The fraction of sp³-hybridized carbons (Fsp3) is 0.0556. The largest absolute Gasteiger partial charge is 0.0767 e. The minimum atomic E-state index is 0.432. The molecule has 3 aliphatic rings. The zero-order chi connectivity index (χ0) is 23.6. The molecule has 36 heavy (non-hydrogen) atoms. The van der Waals surface area contributed by atoms with Crippen LogP contribution in [0.15, 0.2) is 134 Å². The van der Waals surface area contributed by atoms with Crippen LogP contribution < -0.4 is 0 Å². The van der Waals surface area contributed by atoms with Crippen molar-refractivity contribution in [2.45, 2.75) is 0 Å². The number of benzene rings is 5. The van der Waals surface area contributed by atoms with Gasteiger partial charge in [-0.05, 0) is 78.2 Å². The van der Waals surface area contributed by atoms with Crippen molar-refractivity contribution in [3.8, 4) is 22.3 Å². The average molecular weight is 457 g/mol. The van der Waals surface area contributed by atoms with E-state index < -0.39 is 0 Å². The monoisotopic (exact) mass is 456 g/mol. The summed E-state index contributed by atoms with van der Waals surface area (Å²) in [6.07, 6.45) is 13.9. The van der Waals surface area contributed by atoms with Gasteiger partial charge in [-0.1, -0.05) is 121 Å². The zero-order valence-electron chi connectivity index (χ0n) is 19.9. The maximum atomic E-state index is 2.49. The summed E-state index contributed by atoms with van der Waals surface area (Å²) in [5.74, 6) is 0.878. The fourth-order valence-electron chi connectivity index (χ4n) is 6.70. The lowest BCUT2D eigenvalue weighted by atomic mass is 9.78. The quantitative estimate of drug-likeness (QED) is 0.232. The summed E-state index contributed by atoms with van der Waals surface area (Å²) in [4.78, 5) is 0. The van der Waals surface area contributed by atoms with Crippen molar-refractivity contribution in [2.75, 3.05) is 0 Å². The number of hydrogen-bond acceptors (Lipinski definition) is 0. The van der Waals surface area contributed by atoms with Crippen molar-refractivity contribution >= 4 is 32.7 Å². The normalized spacial score (nSPS) is 19.2. The Kier molecular flexibility index (Phi) is 4.15. The second-order valence-corrected chi connectivity index (χ2v) is 10.0. The fourth-order valence-corrected chi connectivity index (χ4v) is 6.70. The van der Waals surface area contributed by atoms with E-state index in [0.29, 0.717) is 11.8 Å². The second kappa shape index (κ2) is 7.54. The minimum Gasteiger partial charge on any atom is -0.0767 e. The Morgan fingerprint density at radius 1 is 0.444 bits per heavy atom. The molecular formula is C36H24. The molecule has 0 nitrogen and oxygen atoms in total. The molecule has 0 atom stereocenters. The Hall–Kier alpha value is -4.42. The van der Waals surface area contributed by atoms with Crippen molar-refractivity contribution in [3.63, 3.8) is 0 Å². The van der Waals surface area contributed by atoms with Crippen LogP contribution >= 0.6 is 0 Å². The molecule has 0 heterocycles. The van der Waals surface area contributed by atoms with Gasteiger partial charge >= 0.3 is 0 Å². The van der Waals surface area contributed by atoms with E-state index in [2.05, 4.69) is 134 Å². The lowest BCUT2D eigenvalue weighted by molar-refractivity contribution is 0.707. The number of hydrogen-bond donors (Lipinski definition) is 0. The Bertz CT molecular complexity index is 1680. The lowest BCUT2D eigenvalue weighted by Crippen LogP contribution is -2.13. The Morgan fingerprint density at radius 2 is 0.889 bits per heavy atom. The van der Waals surface area contributed by atoms with E-state index in [9.17, 15) is 0 Å². The molecule has 0 radical (unpaired) electrons. The summed E-state index contributed by atoms with van der Waals surface area (Å²) in [5, 5.41) is 5.27. The van der Waals surface area contributed by atoms with Crippen LogP contribution in [-0.2, 0) is 0 Å². The first-order chi connectivity index (χ1) is 17.9. The van der Waals surface area contributed by atoms with E-state index >= 15 is 0 Å². The number of rotatable bonds is 2. The summed E-state index contributed by atoms with van der Waals surface area (Å²) in [6, 6.07) is 35.7. The van der Waals surface area contributed by atoms with Crippen LogP contribution in [0.1, 0.15) is 11.1 Å². The maximum absolute atomic E-state index is 2.49. The minimum absolute atomic E-state index is 0.432. The van der Waals surface area contributed by atoms with Crippen molar-refractivity contribution in [2.24, 2.45) is 11.8 Å². The van der Waals surface area contributed by atoms with Gasteiger partial charge in [-0.25, -0.2) is 0 Å². The van der Waals surface area contributed by atoms with Crippen molar-refractivity contribution in [3.05, 3.63) is 145 Å². The van der Waals surface area contributed by atoms with Gasteiger partial charge in [0.15, 0.2) is 0 Å². The summed E-state index contributed by atoms with van der Waals surface area (Å²) < 4.78 is 0. The van der Waals surface area contributed by atoms with Gasteiger partial charge in [0.2, 0.25) is 0 Å². The predicted molar refractivity (Wildman–Crippen MR) is 154 cm³/mol. The highest BCUT2D eigenvalue weighted by atomic mass is 14.4. The van der Waals surface area contributed by atoms with E-state index in [1.54, 1.807) is 0 Å². The first kappa shape index (κ1) is 19.8. The summed E-state index contributed by atoms with van der Waals surface area (Å²) in [7, 11) is 0. The standard InChI is InChI=1S/C36H24/c1-3-11-23(12-4-1)35-26-17-7-8-18-27(26)36(24-13-5-2-6-14-24)33-22-31-29-20-10-16-25-15-9-19-28(34(25)29)30(31)21-32(33)35/h1-22,25,34H. The number of fused-ring (bicyclic) bond motifs is 5. The van der Waals surface area contributed by atoms with Gasteiger partial charge in [0.05, 0.1) is 0 Å². The van der Waals surface area contributed by atoms with Crippen LogP contribution in [0, 0.1) is 11.8 Å². The van der Waals surface area contributed by atoms with Gasteiger partial charge in [-0.3, -0.25) is 0 Å². The molecule has 0 unspecified atom stereocenters. The molecule has 0 saturated heterocycles. The molecule has 0 saturated carbocycles. The van der Waals surface area contributed by atoms with Gasteiger partial charge in [0.1, 0.15) is 0 Å². The molecule has 0 bridgehead atoms. The molecule has 0 aromatic heterocycles. The maximum Gasteiger partial charge on any atom is 0.0199 e. The van der Waals surface area contributed by atoms with Crippen LogP contribution in [0.4, 0.5) is 0 Å². The third-order valence-corrected chi connectivity index (χ3v) is 8.18. The average Bonchev–Trinajstić information content (AvgIpc) is 3.26. The zero-order valence-corrected chi connectivity index (χ0v) is 19.9. The molecule has 3 aliphatic carbocycles. The highest BCUT2D eigenvalue weighted by Crippen LogP contribution is 2.55. The first-order valence-corrected chi connectivity index (χ1v) is 12.8. The highest BCUT2D eigenvalue weighted by Gasteiger charge is 2.38. The molecule has 0 heteroatoms. The third-order valence-electron chi connectivity index (χ3n) is 8.18. The summed E-state index contributed by atoms with van der Waals surface area (Å²) in [5.41, 5.74) is 10.9. The molecule has 5 aromatic carbocycles. The van der Waals surface area contributed by atoms with Gasteiger partial charge in [0.25, 0.3) is 0 Å². The summed E-state index contributed by atoms with van der Waals surface area (Å²) in [6.45, 7) is 0.